The number of methoxy groups -OCH3 is 1. The zero-order valence-electron chi connectivity index (χ0n) is 9.88. The molecule has 0 saturated heterocycles. The first kappa shape index (κ1) is 13.5. The summed E-state index contributed by atoms with van der Waals surface area (Å²) >= 11 is 0. The Morgan fingerprint density at radius 2 is 2.12 bits per heavy atom. The molecule has 1 heterocycles. The van der Waals surface area contributed by atoms with E-state index in [-0.39, 0.29) is 12.4 Å². The molecule has 4 nitrogen and oxygen atoms in total. The van der Waals surface area contributed by atoms with E-state index in [9.17, 15) is 0 Å². The molecule has 2 rings (SSSR count). The van der Waals surface area contributed by atoms with Crippen molar-refractivity contribution in [3.8, 4) is 17.0 Å². The van der Waals surface area contributed by atoms with Crippen molar-refractivity contribution in [2.24, 2.45) is 12.8 Å². The van der Waals surface area contributed by atoms with Gasteiger partial charge in [0, 0.05) is 25.4 Å². The SMILES string of the molecule is COc1ccc(CN)cc1-c1ccnn1C.Cl. The second-order valence-electron chi connectivity index (χ2n) is 3.58. The maximum atomic E-state index is 5.64. The summed E-state index contributed by atoms with van der Waals surface area (Å²) < 4.78 is 7.16. The fraction of sp³-hybridized carbons (Fsp3) is 0.250. The number of benzene rings is 1. The second-order valence-corrected chi connectivity index (χ2v) is 3.58. The topological polar surface area (TPSA) is 53.1 Å². The normalized spacial score (nSPS) is 9.82. The molecule has 0 aliphatic carbocycles. The Balaban J connectivity index is 0.00000144. The second kappa shape index (κ2) is 5.70. The molecule has 0 aliphatic rings. The summed E-state index contributed by atoms with van der Waals surface area (Å²) in [5, 5.41) is 4.15. The lowest BCUT2D eigenvalue weighted by Crippen LogP contribution is -2.00. The third-order valence-corrected chi connectivity index (χ3v) is 2.60. The van der Waals surface area contributed by atoms with Crippen molar-refractivity contribution in [1.29, 1.82) is 0 Å². The van der Waals surface area contributed by atoms with Crippen LogP contribution in [0.1, 0.15) is 5.56 Å². The van der Waals surface area contributed by atoms with Crippen LogP contribution >= 0.6 is 12.4 Å². The highest BCUT2D eigenvalue weighted by Gasteiger charge is 2.09. The molecule has 0 aliphatic heterocycles. The van der Waals surface area contributed by atoms with Crippen LogP contribution < -0.4 is 10.5 Å². The number of hydrogen-bond acceptors (Lipinski definition) is 3. The smallest absolute Gasteiger partial charge is 0.128 e. The number of ether oxygens (including phenoxy) is 1. The van der Waals surface area contributed by atoms with E-state index in [1.807, 2.05) is 36.0 Å². The maximum Gasteiger partial charge on any atom is 0.128 e. The minimum Gasteiger partial charge on any atom is -0.496 e. The Bertz CT molecular complexity index is 496. The van der Waals surface area contributed by atoms with Crippen molar-refractivity contribution in [3.05, 3.63) is 36.0 Å². The van der Waals surface area contributed by atoms with Gasteiger partial charge in [0.2, 0.25) is 0 Å². The van der Waals surface area contributed by atoms with Gasteiger partial charge in [-0.05, 0) is 23.8 Å². The lowest BCUT2D eigenvalue weighted by molar-refractivity contribution is 0.416. The Morgan fingerprint density at radius 3 is 2.65 bits per heavy atom. The lowest BCUT2D eigenvalue weighted by atomic mass is 10.1. The van der Waals surface area contributed by atoms with E-state index in [0.717, 1.165) is 22.6 Å². The largest absolute Gasteiger partial charge is 0.496 e. The van der Waals surface area contributed by atoms with Crippen LogP contribution in [-0.2, 0) is 13.6 Å². The van der Waals surface area contributed by atoms with E-state index in [2.05, 4.69) is 5.10 Å². The molecule has 0 spiro atoms. The number of halogens is 1. The van der Waals surface area contributed by atoms with E-state index in [1.54, 1.807) is 13.3 Å². The van der Waals surface area contributed by atoms with Crippen LogP contribution in [0.3, 0.4) is 0 Å². The van der Waals surface area contributed by atoms with Gasteiger partial charge >= 0.3 is 0 Å². The Hall–Kier alpha value is -1.52. The van der Waals surface area contributed by atoms with Gasteiger partial charge in [-0.1, -0.05) is 6.07 Å². The van der Waals surface area contributed by atoms with Crippen LogP contribution in [0, 0.1) is 0 Å². The summed E-state index contributed by atoms with van der Waals surface area (Å²) in [6.07, 6.45) is 1.77. The van der Waals surface area contributed by atoms with Gasteiger partial charge in [0.15, 0.2) is 0 Å². The predicted octanol–water partition coefficient (Wildman–Crippen LogP) is 1.98. The van der Waals surface area contributed by atoms with Gasteiger partial charge in [0.1, 0.15) is 5.75 Å². The summed E-state index contributed by atoms with van der Waals surface area (Å²) in [5.74, 6) is 0.834. The number of nitrogens with zero attached hydrogens (tertiary/aromatic N) is 2. The summed E-state index contributed by atoms with van der Waals surface area (Å²) in [5.41, 5.74) is 8.76. The molecule has 0 amide bonds. The fourth-order valence-electron chi connectivity index (χ4n) is 1.72. The van der Waals surface area contributed by atoms with Crippen LogP contribution in [0.4, 0.5) is 0 Å². The fourth-order valence-corrected chi connectivity index (χ4v) is 1.72. The zero-order chi connectivity index (χ0) is 11.5. The molecule has 92 valence electrons. The Labute approximate surface area is 107 Å². The van der Waals surface area contributed by atoms with Gasteiger partial charge in [-0.25, -0.2) is 0 Å². The first-order valence-corrected chi connectivity index (χ1v) is 5.11. The van der Waals surface area contributed by atoms with Gasteiger partial charge in [0.05, 0.1) is 12.8 Å². The average Bonchev–Trinajstić information content (AvgIpc) is 2.74. The summed E-state index contributed by atoms with van der Waals surface area (Å²) in [7, 11) is 3.57. The molecule has 0 fully saturated rings. The Kier molecular flexibility index (Phi) is 4.54. The van der Waals surface area contributed by atoms with E-state index < -0.39 is 0 Å². The van der Waals surface area contributed by atoms with Crippen molar-refractivity contribution in [2.45, 2.75) is 6.54 Å². The van der Waals surface area contributed by atoms with Crippen molar-refractivity contribution in [2.75, 3.05) is 7.11 Å². The zero-order valence-corrected chi connectivity index (χ0v) is 10.7. The highest BCUT2D eigenvalue weighted by molar-refractivity contribution is 5.85. The molecular weight excluding hydrogens is 238 g/mol. The number of aryl methyl sites for hydroxylation is 1. The maximum absolute atomic E-state index is 5.64. The highest BCUT2D eigenvalue weighted by Crippen LogP contribution is 2.30. The molecule has 17 heavy (non-hydrogen) atoms. The molecule has 0 radical (unpaired) electrons. The summed E-state index contributed by atoms with van der Waals surface area (Å²) in [6.45, 7) is 0.523. The number of nitrogens with two attached hydrogens (primary N) is 1. The lowest BCUT2D eigenvalue weighted by Gasteiger charge is -2.10. The van der Waals surface area contributed by atoms with E-state index >= 15 is 0 Å². The number of rotatable bonds is 3. The molecule has 0 unspecified atom stereocenters. The van der Waals surface area contributed by atoms with Gasteiger partial charge in [-0.2, -0.15) is 5.10 Å². The molecule has 2 N–H and O–H groups in total. The quantitative estimate of drug-likeness (QED) is 0.910. The highest BCUT2D eigenvalue weighted by atomic mass is 35.5. The van der Waals surface area contributed by atoms with Crippen LogP contribution in [0.2, 0.25) is 0 Å². The third kappa shape index (κ3) is 2.60. The summed E-state index contributed by atoms with van der Waals surface area (Å²) in [6, 6.07) is 7.90. The summed E-state index contributed by atoms with van der Waals surface area (Å²) in [4.78, 5) is 0. The van der Waals surface area contributed by atoms with E-state index in [4.69, 9.17) is 10.5 Å². The van der Waals surface area contributed by atoms with E-state index in [1.165, 1.54) is 0 Å². The molecule has 0 atom stereocenters. The van der Waals surface area contributed by atoms with Crippen LogP contribution in [-0.4, -0.2) is 16.9 Å². The van der Waals surface area contributed by atoms with Crippen LogP contribution in [0.25, 0.3) is 11.3 Å². The van der Waals surface area contributed by atoms with Crippen LogP contribution in [0.5, 0.6) is 5.75 Å². The third-order valence-electron chi connectivity index (χ3n) is 2.60. The molecule has 1 aromatic heterocycles. The molecule has 5 heteroatoms. The molecule has 0 bridgehead atoms. The standard InChI is InChI=1S/C12H15N3O.ClH/c1-15-11(5-6-14-15)10-7-9(8-13)3-4-12(10)16-2;/h3-7H,8,13H2,1-2H3;1H. The van der Waals surface area contributed by atoms with Crippen molar-refractivity contribution >= 4 is 12.4 Å². The van der Waals surface area contributed by atoms with E-state index in [0.29, 0.717) is 6.54 Å². The van der Waals surface area contributed by atoms with Gasteiger partial charge in [0.25, 0.3) is 0 Å². The minimum atomic E-state index is 0. The van der Waals surface area contributed by atoms with Crippen molar-refractivity contribution in [3.63, 3.8) is 0 Å². The predicted molar refractivity (Wildman–Crippen MR) is 70.3 cm³/mol. The number of aromatic nitrogens is 2. The molecule has 1 aromatic carbocycles. The van der Waals surface area contributed by atoms with Crippen LogP contribution in [0.15, 0.2) is 30.5 Å². The average molecular weight is 254 g/mol. The minimum absolute atomic E-state index is 0. The molecule has 2 aromatic rings. The van der Waals surface area contributed by atoms with Crippen molar-refractivity contribution < 1.29 is 4.74 Å². The first-order chi connectivity index (χ1) is 7.76. The number of hydrogen-bond donors (Lipinski definition) is 1. The van der Waals surface area contributed by atoms with Gasteiger partial charge in [-0.15, -0.1) is 12.4 Å². The van der Waals surface area contributed by atoms with Crippen molar-refractivity contribution in [1.82, 2.24) is 9.78 Å². The molecule has 0 saturated carbocycles. The van der Waals surface area contributed by atoms with Gasteiger partial charge in [-0.3, -0.25) is 4.68 Å². The molecular formula is C12H16ClN3O. The first-order valence-electron chi connectivity index (χ1n) is 5.11. The monoisotopic (exact) mass is 253 g/mol. The Morgan fingerprint density at radius 1 is 1.35 bits per heavy atom. The van der Waals surface area contributed by atoms with Gasteiger partial charge < -0.3 is 10.5 Å².